The molecule has 0 amide bonds. The van der Waals surface area contributed by atoms with Crippen LogP contribution in [0.3, 0.4) is 0 Å². The van der Waals surface area contributed by atoms with Gasteiger partial charge in [0.25, 0.3) is 5.69 Å². The number of non-ortho nitro benzene ring substituents is 1. The largest absolute Gasteiger partial charge is 0.486 e. The third-order valence-corrected chi connectivity index (χ3v) is 3.21. The molecule has 0 unspecified atom stereocenters. The summed E-state index contributed by atoms with van der Waals surface area (Å²) < 4.78 is 18.4. The molecule has 9 nitrogen and oxygen atoms in total. The lowest BCUT2D eigenvalue weighted by Gasteiger charge is -2.08. The van der Waals surface area contributed by atoms with Gasteiger partial charge in [-0.25, -0.2) is 4.39 Å². The van der Waals surface area contributed by atoms with Gasteiger partial charge in [-0.3, -0.25) is 10.1 Å². The van der Waals surface area contributed by atoms with Crippen LogP contribution in [0.1, 0.15) is 5.82 Å². The van der Waals surface area contributed by atoms with E-state index in [1.54, 1.807) is 0 Å². The number of ether oxygens (including phenoxy) is 1. The monoisotopic (exact) mass is 356 g/mol. The molecular weight excluding hydrogens is 343 g/mol. The molecule has 0 radical (unpaired) electrons. The van der Waals surface area contributed by atoms with E-state index in [0.29, 0.717) is 11.4 Å². The average molecular weight is 356 g/mol. The number of nitrogens with zero attached hydrogens (tertiary/aromatic N) is 4. The summed E-state index contributed by atoms with van der Waals surface area (Å²) in [6, 6.07) is 11.3. The molecule has 0 saturated heterocycles. The van der Waals surface area contributed by atoms with Crippen molar-refractivity contribution in [1.82, 2.24) is 15.0 Å². The fraction of sp³-hybridized carbons (Fsp3) is 0.0625. The first-order chi connectivity index (χ1) is 12.5. The maximum absolute atomic E-state index is 12.9. The molecule has 0 saturated carbocycles. The lowest BCUT2D eigenvalue weighted by atomic mass is 10.3. The van der Waals surface area contributed by atoms with Gasteiger partial charge in [-0.15, -0.1) is 0 Å². The SMILES string of the molecule is Nc1nc(COc2ccc([N+](=O)[O-])cc2)nc(Nc2ccc(F)cc2)n1. The van der Waals surface area contributed by atoms with Crippen molar-refractivity contribution in [3.8, 4) is 5.75 Å². The Balaban J connectivity index is 1.69. The summed E-state index contributed by atoms with van der Waals surface area (Å²) in [7, 11) is 0. The Labute approximate surface area is 146 Å². The molecule has 0 aliphatic rings. The number of nitrogens with two attached hydrogens (primary N) is 1. The summed E-state index contributed by atoms with van der Waals surface area (Å²) in [4.78, 5) is 22.2. The van der Waals surface area contributed by atoms with Gasteiger partial charge in [-0.1, -0.05) is 0 Å². The van der Waals surface area contributed by atoms with Crippen LogP contribution in [0.5, 0.6) is 5.75 Å². The number of nitro benzene ring substituents is 1. The Morgan fingerprint density at radius 2 is 1.77 bits per heavy atom. The quantitative estimate of drug-likeness (QED) is 0.509. The van der Waals surface area contributed by atoms with Gasteiger partial charge in [0.05, 0.1) is 4.92 Å². The van der Waals surface area contributed by atoms with Crippen LogP contribution in [0, 0.1) is 15.9 Å². The number of benzene rings is 2. The molecule has 26 heavy (non-hydrogen) atoms. The molecule has 0 bridgehead atoms. The third-order valence-electron chi connectivity index (χ3n) is 3.21. The highest BCUT2D eigenvalue weighted by molar-refractivity contribution is 5.53. The molecule has 3 aromatic rings. The van der Waals surface area contributed by atoms with E-state index in [0.717, 1.165) is 0 Å². The highest BCUT2D eigenvalue weighted by Crippen LogP contribution is 2.19. The maximum atomic E-state index is 12.9. The van der Waals surface area contributed by atoms with Crippen molar-refractivity contribution in [2.45, 2.75) is 6.61 Å². The standard InChI is InChI=1S/C16H13FN6O3/c17-10-1-3-11(4-2-10)19-16-21-14(20-15(18)22-16)9-26-13-7-5-12(6-8-13)23(24)25/h1-8H,9H2,(H3,18,19,20,21,22). The number of nitro groups is 1. The number of anilines is 3. The van der Waals surface area contributed by atoms with Crippen LogP contribution in [0.2, 0.25) is 0 Å². The summed E-state index contributed by atoms with van der Waals surface area (Å²) in [6.45, 7) is -0.0113. The van der Waals surface area contributed by atoms with E-state index in [-0.39, 0.29) is 35.8 Å². The molecule has 10 heteroatoms. The second-order valence-electron chi connectivity index (χ2n) is 5.11. The summed E-state index contributed by atoms with van der Waals surface area (Å²) in [5.74, 6) is 0.504. The van der Waals surface area contributed by atoms with Crippen LogP contribution in [-0.2, 0) is 6.61 Å². The minimum absolute atomic E-state index is 0.00749. The fourth-order valence-corrected chi connectivity index (χ4v) is 2.03. The van der Waals surface area contributed by atoms with Crippen molar-refractivity contribution in [1.29, 1.82) is 0 Å². The zero-order valence-electron chi connectivity index (χ0n) is 13.3. The van der Waals surface area contributed by atoms with Crippen molar-refractivity contribution in [3.05, 3.63) is 70.3 Å². The van der Waals surface area contributed by atoms with E-state index in [1.807, 2.05) is 0 Å². The first-order valence-electron chi connectivity index (χ1n) is 7.40. The number of halogens is 1. The van der Waals surface area contributed by atoms with E-state index >= 15 is 0 Å². The average Bonchev–Trinajstić information content (AvgIpc) is 2.62. The minimum atomic E-state index is -0.496. The summed E-state index contributed by atoms with van der Waals surface area (Å²) in [6.07, 6.45) is 0. The Bertz CT molecular complexity index is 918. The van der Waals surface area contributed by atoms with Gasteiger partial charge in [0.2, 0.25) is 11.9 Å². The van der Waals surface area contributed by atoms with Crippen molar-refractivity contribution in [2.75, 3.05) is 11.1 Å². The minimum Gasteiger partial charge on any atom is -0.486 e. The zero-order valence-corrected chi connectivity index (χ0v) is 13.3. The highest BCUT2D eigenvalue weighted by Gasteiger charge is 2.08. The number of hydrogen-bond acceptors (Lipinski definition) is 8. The molecule has 0 aliphatic heterocycles. The second-order valence-corrected chi connectivity index (χ2v) is 5.11. The topological polar surface area (TPSA) is 129 Å². The number of hydrogen-bond donors (Lipinski definition) is 2. The molecule has 0 aliphatic carbocycles. The Hall–Kier alpha value is -3.82. The van der Waals surface area contributed by atoms with Gasteiger partial charge in [0.15, 0.2) is 5.82 Å². The number of nitrogens with one attached hydrogen (secondary N) is 1. The van der Waals surface area contributed by atoms with Crippen LogP contribution in [0.4, 0.5) is 27.7 Å². The van der Waals surface area contributed by atoms with Gasteiger partial charge in [0.1, 0.15) is 18.2 Å². The molecule has 0 atom stereocenters. The predicted octanol–water partition coefficient (Wildman–Crippen LogP) is 2.82. The number of aromatic nitrogens is 3. The smallest absolute Gasteiger partial charge is 0.269 e. The van der Waals surface area contributed by atoms with E-state index in [4.69, 9.17) is 10.5 Å². The lowest BCUT2D eigenvalue weighted by molar-refractivity contribution is -0.384. The van der Waals surface area contributed by atoms with E-state index in [1.165, 1.54) is 48.5 Å². The van der Waals surface area contributed by atoms with Crippen molar-refractivity contribution < 1.29 is 14.1 Å². The van der Waals surface area contributed by atoms with Crippen LogP contribution < -0.4 is 15.8 Å². The van der Waals surface area contributed by atoms with Crippen molar-refractivity contribution in [3.63, 3.8) is 0 Å². The zero-order chi connectivity index (χ0) is 18.5. The molecule has 1 aromatic heterocycles. The maximum Gasteiger partial charge on any atom is 0.269 e. The van der Waals surface area contributed by atoms with Crippen LogP contribution in [0.15, 0.2) is 48.5 Å². The molecule has 2 aromatic carbocycles. The van der Waals surface area contributed by atoms with Gasteiger partial charge < -0.3 is 15.8 Å². The molecule has 1 heterocycles. The first-order valence-corrected chi connectivity index (χ1v) is 7.40. The van der Waals surface area contributed by atoms with Crippen LogP contribution in [-0.4, -0.2) is 19.9 Å². The Kier molecular flexibility index (Phi) is 4.83. The fourth-order valence-electron chi connectivity index (χ4n) is 2.03. The van der Waals surface area contributed by atoms with E-state index in [2.05, 4.69) is 20.3 Å². The number of nitrogen functional groups attached to an aromatic ring is 1. The molecule has 0 spiro atoms. The summed E-state index contributed by atoms with van der Waals surface area (Å²) in [5.41, 5.74) is 6.21. The molecular formula is C16H13FN6O3. The highest BCUT2D eigenvalue weighted by atomic mass is 19.1. The van der Waals surface area contributed by atoms with Gasteiger partial charge in [-0.05, 0) is 36.4 Å². The third kappa shape index (κ3) is 4.38. The molecule has 132 valence electrons. The van der Waals surface area contributed by atoms with Gasteiger partial charge >= 0.3 is 0 Å². The van der Waals surface area contributed by atoms with Crippen LogP contribution in [0.25, 0.3) is 0 Å². The molecule has 0 fully saturated rings. The molecule has 3 rings (SSSR count). The van der Waals surface area contributed by atoms with E-state index in [9.17, 15) is 14.5 Å². The molecule has 3 N–H and O–H groups in total. The normalized spacial score (nSPS) is 10.3. The first kappa shape index (κ1) is 17.0. The second kappa shape index (κ2) is 7.38. The lowest BCUT2D eigenvalue weighted by Crippen LogP contribution is -2.09. The summed E-state index contributed by atoms with van der Waals surface area (Å²) in [5, 5.41) is 13.5. The Morgan fingerprint density at radius 3 is 2.42 bits per heavy atom. The summed E-state index contributed by atoms with van der Waals surface area (Å²) >= 11 is 0. The predicted molar refractivity (Wildman–Crippen MR) is 91.4 cm³/mol. The van der Waals surface area contributed by atoms with Gasteiger partial charge in [-0.2, -0.15) is 15.0 Å². The van der Waals surface area contributed by atoms with Gasteiger partial charge in [0, 0.05) is 17.8 Å². The Morgan fingerprint density at radius 1 is 1.08 bits per heavy atom. The number of rotatable bonds is 6. The van der Waals surface area contributed by atoms with Crippen LogP contribution >= 0.6 is 0 Å². The van der Waals surface area contributed by atoms with Crippen molar-refractivity contribution >= 4 is 23.3 Å². The van der Waals surface area contributed by atoms with Crippen molar-refractivity contribution in [2.24, 2.45) is 0 Å². The van der Waals surface area contributed by atoms with E-state index < -0.39 is 4.92 Å².